The van der Waals surface area contributed by atoms with E-state index in [1.54, 1.807) is 30.3 Å². The molecule has 0 saturated carbocycles. The van der Waals surface area contributed by atoms with Gasteiger partial charge in [-0.15, -0.1) is 0 Å². The molecule has 24 heavy (non-hydrogen) atoms. The largest absolute Gasteiger partial charge is 0.494 e. The summed E-state index contributed by atoms with van der Waals surface area (Å²) in [6.07, 6.45) is 0.978. The highest BCUT2D eigenvalue weighted by Crippen LogP contribution is 2.26. The fourth-order valence-corrected chi connectivity index (χ4v) is 2.77. The molecule has 1 unspecified atom stereocenters. The average molecular weight is 329 g/mol. The number of carbonyl (C=O) groups is 1. The Balaban J connectivity index is 1.73. The zero-order valence-electron chi connectivity index (χ0n) is 13.5. The second kappa shape index (κ2) is 7.45. The van der Waals surface area contributed by atoms with Gasteiger partial charge in [-0.3, -0.25) is 4.79 Å². The molecule has 2 aromatic carbocycles. The van der Waals surface area contributed by atoms with Gasteiger partial charge in [0.2, 0.25) is 0 Å². The number of hydrogen-bond donors (Lipinski definition) is 1. The van der Waals surface area contributed by atoms with E-state index in [2.05, 4.69) is 5.32 Å². The number of hydrogen-bond acceptors (Lipinski definition) is 3. The summed E-state index contributed by atoms with van der Waals surface area (Å²) < 4.78 is 24.1. The zero-order valence-corrected chi connectivity index (χ0v) is 13.5. The van der Waals surface area contributed by atoms with Gasteiger partial charge in [0, 0.05) is 24.6 Å². The van der Waals surface area contributed by atoms with Crippen molar-refractivity contribution in [1.29, 1.82) is 0 Å². The van der Waals surface area contributed by atoms with Crippen LogP contribution in [-0.2, 0) is 4.74 Å². The van der Waals surface area contributed by atoms with E-state index < -0.39 is 5.82 Å². The van der Waals surface area contributed by atoms with Gasteiger partial charge in [0.1, 0.15) is 0 Å². The van der Waals surface area contributed by atoms with Crippen LogP contribution >= 0.6 is 0 Å². The van der Waals surface area contributed by atoms with Crippen molar-refractivity contribution in [2.24, 2.45) is 5.92 Å². The van der Waals surface area contributed by atoms with Crippen LogP contribution in [0.1, 0.15) is 16.8 Å². The molecule has 126 valence electrons. The molecule has 0 aromatic heterocycles. The third kappa shape index (κ3) is 3.74. The number of rotatable bonds is 5. The highest BCUT2D eigenvalue weighted by atomic mass is 19.1. The topological polar surface area (TPSA) is 47.6 Å². The fraction of sp³-hybridized carbons (Fsp3) is 0.316. The maximum Gasteiger partial charge on any atom is 0.251 e. The van der Waals surface area contributed by atoms with Crippen molar-refractivity contribution in [3.8, 4) is 16.9 Å². The van der Waals surface area contributed by atoms with E-state index in [1.807, 2.05) is 6.07 Å². The summed E-state index contributed by atoms with van der Waals surface area (Å²) in [6.45, 7) is 2.07. The molecule has 1 amide bonds. The van der Waals surface area contributed by atoms with Crippen LogP contribution in [-0.4, -0.2) is 32.8 Å². The normalized spacial score (nSPS) is 16.8. The molecule has 5 heteroatoms. The van der Waals surface area contributed by atoms with Crippen molar-refractivity contribution in [3.05, 3.63) is 53.8 Å². The van der Waals surface area contributed by atoms with E-state index in [4.69, 9.17) is 9.47 Å². The van der Waals surface area contributed by atoms with Gasteiger partial charge in [0.25, 0.3) is 5.91 Å². The quantitative estimate of drug-likeness (QED) is 0.916. The van der Waals surface area contributed by atoms with E-state index in [0.717, 1.165) is 18.6 Å². The minimum absolute atomic E-state index is 0.127. The summed E-state index contributed by atoms with van der Waals surface area (Å²) in [5.41, 5.74) is 2.04. The molecule has 1 aliphatic rings. The summed E-state index contributed by atoms with van der Waals surface area (Å²) in [6, 6.07) is 11.9. The smallest absolute Gasteiger partial charge is 0.251 e. The lowest BCUT2D eigenvalue weighted by atomic mass is 10.0. The minimum Gasteiger partial charge on any atom is -0.494 e. The first-order valence-corrected chi connectivity index (χ1v) is 7.97. The molecule has 0 spiro atoms. The van der Waals surface area contributed by atoms with Gasteiger partial charge >= 0.3 is 0 Å². The van der Waals surface area contributed by atoms with Crippen molar-refractivity contribution >= 4 is 5.91 Å². The number of methoxy groups -OCH3 is 1. The second-order valence-corrected chi connectivity index (χ2v) is 5.87. The number of nitrogens with one attached hydrogen (secondary N) is 1. The molecule has 0 aliphatic carbocycles. The van der Waals surface area contributed by atoms with Crippen LogP contribution in [0.4, 0.5) is 4.39 Å². The van der Waals surface area contributed by atoms with Crippen molar-refractivity contribution in [2.45, 2.75) is 6.42 Å². The van der Waals surface area contributed by atoms with Crippen LogP contribution in [0.5, 0.6) is 5.75 Å². The van der Waals surface area contributed by atoms with Crippen molar-refractivity contribution in [1.82, 2.24) is 5.32 Å². The second-order valence-electron chi connectivity index (χ2n) is 5.87. The predicted molar refractivity (Wildman–Crippen MR) is 89.6 cm³/mol. The standard InChI is InChI=1S/C19H20FNO3/c1-23-18-6-5-15(10-17(18)20)14-3-2-4-16(9-14)19(22)21-11-13-7-8-24-12-13/h2-6,9-10,13H,7-8,11-12H2,1H3,(H,21,22). The lowest BCUT2D eigenvalue weighted by molar-refractivity contribution is 0.0945. The Morgan fingerprint density at radius 1 is 1.29 bits per heavy atom. The third-order valence-corrected chi connectivity index (χ3v) is 4.19. The van der Waals surface area contributed by atoms with Crippen molar-refractivity contribution in [3.63, 3.8) is 0 Å². The maximum atomic E-state index is 13.9. The molecule has 1 atom stereocenters. The van der Waals surface area contributed by atoms with Crippen LogP contribution in [0.2, 0.25) is 0 Å². The summed E-state index contributed by atoms with van der Waals surface area (Å²) in [5.74, 6) is 0.0306. The number of carbonyl (C=O) groups excluding carboxylic acids is 1. The van der Waals surface area contributed by atoms with Crippen molar-refractivity contribution in [2.75, 3.05) is 26.9 Å². The lowest BCUT2D eigenvalue weighted by Gasteiger charge is -2.11. The van der Waals surface area contributed by atoms with Gasteiger partial charge in [-0.2, -0.15) is 0 Å². The van der Waals surface area contributed by atoms with Gasteiger partial charge in [0.05, 0.1) is 13.7 Å². The number of ether oxygens (including phenoxy) is 2. The molecular weight excluding hydrogens is 309 g/mol. The van der Waals surface area contributed by atoms with Crippen molar-refractivity contribution < 1.29 is 18.7 Å². The Kier molecular flexibility index (Phi) is 5.11. The van der Waals surface area contributed by atoms with E-state index in [0.29, 0.717) is 30.2 Å². The molecule has 1 saturated heterocycles. The van der Waals surface area contributed by atoms with Crippen LogP contribution in [0.25, 0.3) is 11.1 Å². The number of halogens is 1. The van der Waals surface area contributed by atoms with Crippen LogP contribution in [0.15, 0.2) is 42.5 Å². The summed E-state index contributed by atoms with van der Waals surface area (Å²) >= 11 is 0. The molecule has 1 heterocycles. The monoisotopic (exact) mass is 329 g/mol. The Bertz CT molecular complexity index is 726. The maximum absolute atomic E-state index is 13.9. The lowest BCUT2D eigenvalue weighted by Crippen LogP contribution is -2.29. The molecule has 4 nitrogen and oxygen atoms in total. The molecule has 1 N–H and O–H groups in total. The molecule has 3 rings (SSSR count). The zero-order chi connectivity index (χ0) is 16.9. The van der Waals surface area contributed by atoms with Gasteiger partial charge in [-0.05, 0) is 41.8 Å². The SMILES string of the molecule is COc1ccc(-c2cccc(C(=O)NCC3CCOC3)c2)cc1F. The minimum atomic E-state index is -0.425. The molecule has 0 radical (unpaired) electrons. The van der Waals surface area contributed by atoms with Gasteiger partial charge in [-0.1, -0.05) is 18.2 Å². The summed E-state index contributed by atoms with van der Waals surface area (Å²) in [5, 5.41) is 2.94. The fourth-order valence-electron chi connectivity index (χ4n) is 2.77. The van der Waals surface area contributed by atoms with Gasteiger partial charge in [-0.25, -0.2) is 4.39 Å². The molecule has 1 aliphatic heterocycles. The molecule has 1 fully saturated rings. The highest BCUT2D eigenvalue weighted by molar-refractivity contribution is 5.95. The van der Waals surface area contributed by atoms with E-state index in [-0.39, 0.29) is 11.7 Å². The highest BCUT2D eigenvalue weighted by Gasteiger charge is 2.17. The number of amides is 1. The van der Waals surface area contributed by atoms with E-state index >= 15 is 0 Å². The Morgan fingerprint density at radius 2 is 2.12 bits per heavy atom. The molecule has 2 aromatic rings. The van der Waals surface area contributed by atoms with Gasteiger partial charge < -0.3 is 14.8 Å². The van der Waals surface area contributed by atoms with E-state index in [9.17, 15) is 9.18 Å². The van der Waals surface area contributed by atoms with Crippen LogP contribution < -0.4 is 10.1 Å². The van der Waals surface area contributed by atoms with Crippen LogP contribution in [0, 0.1) is 11.7 Å². The molecule has 0 bridgehead atoms. The Morgan fingerprint density at radius 3 is 2.83 bits per heavy atom. The van der Waals surface area contributed by atoms with Crippen LogP contribution in [0.3, 0.4) is 0 Å². The third-order valence-electron chi connectivity index (χ3n) is 4.19. The average Bonchev–Trinajstić information content (AvgIpc) is 3.13. The van der Waals surface area contributed by atoms with Gasteiger partial charge in [0.15, 0.2) is 11.6 Å². The Labute approximate surface area is 140 Å². The Hall–Kier alpha value is -2.40. The summed E-state index contributed by atoms with van der Waals surface area (Å²) in [7, 11) is 1.43. The summed E-state index contributed by atoms with van der Waals surface area (Å²) in [4.78, 5) is 12.3. The number of benzene rings is 2. The predicted octanol–water partition coefficient (Wildman–Crippen LogP) is 3.27. The van der Waals surface area contributed by atoms with E-state index in [1.165, 1.54) is 13.2 Å². The first-order chi connectivity index (χ1) is 11.7. The first kappa shape index (κ1) is 16.5. The molecular formula is C19H20FNO3. The first-order valence-electron chi connectivity index (χ1n) is 7.97.